The van der Waals surface area contributed by atoms with Crippen molar-refractivity contribution in [2.24, 2.45) is 5.73 Å². The molecule has 3 nitrogen and oxygen atoms in total. The molecule has 0 atom stereocenters. The lowest BCUT2D eigenvalue weighted by atomic mass is 10.1. The van der Waals surface area contributed by atoms with Crippen LogP contribution < -0.4 is 5.73 Å². The minimum Gasteiger partial charge on any atom is -0.361 e. The van der Waals surface area contributed by atoms with Gasteiger partial charge in [-0.2, -0.15) is 0 Å². The van der Waals surface area contributed by atoms with Crippen molar-refractivity contribution in [1.82, 2.24) is 5.16 Å². The smallest absolute Gasteiger partial charge is 0.141 e. The third kappa shape index (κ3) is 1.28. The van der Waals surface area contributed by atoms with Crippen LogP contribution in [0.4, 0.5) is 0 Å². The van der Waals surface area contributed by atoms with E-state index in [0.29, 0.717) is 6.54 Å². The van der Waals surface area contributed by atoms with Gasteiger partial charge in [0, 0.05) is 12.0 Å². The van der Waals surface area contributed by atoms with E-state index in [9.17, 15) is 0 Å². The van der Waals surface area contributed by atoms with Gasteiger partial charge in [-0.3, -0.25) is 0 Å². The standard InChI is InChI=1S/C8H12N2O/c9-4-3-8-7(5-10-11-8)6-1-2-6/h5-6H,1-4,9H2. The molecule has 2 N–H and O–H groups in total. The Labute approximate surface area is 65.6 Å². The van der Waals surface area contributed by atoms with Crippen LogP contribution in [-0.2, 0) is 6.42 Å². The summed E-state index contributed by atoms with van der Waals surface area (Å²) >= 11 is 0. The van der Waals surface area contributed by atoms with Gasteiger partial charge in [0.15, 0.2) is 0 Å². The largest absolute Gasteiger partial charge is 0.361 e. The fourth-order valence-electron chi connectivity index (χ4n) is 1.32. The summed E-state index contributed by atoms with van der Waals surface area (Å²) in [6.45, 7) is 0.648. The van der Waals surface area contributed by atoms with Gasteiger partial charge in [-0.1, -0.05) is 5.16 Å². The molecule has 11 heavy (non-hydrogen) atoms. The van der Waals surface area contributed by atoms with Gasteiger partial charge in [-0.15, -0.1) is 0 Å². The lowest BCUT2D eigenvalue weighted by Gasteiger charge is -1.94. The first-order valence-corrected chi connectivity index (χ1v) is 4.05. The van der Waals surface area contributed by atoms with Crippen molar-refractivity contribution in [3.8, 4) is 0 Å². The van der Waals surface area contributed by atoms with Crippen LogP contribution >= 0.6 is 0 Å². The summed E-state index contributed by atoms with van der Waals surface area (Å²) < 4.78 is 5.08. The number of rotatable bonds is 3. The van der Waals surface area contributed by atoms with Crippen molar-refractivity contribution in [2.75, 3.05) is 6.54 Å². The van der Waals surface area contributed by atoms with Crippen LogP contribution in [0.2, 0.25) is 0 Å². The van der Waals surface area contributed by atoms with Crippen LogP contribution in [0, 0.1) is 0 Å². The second-order valence-electron chi connectivity index (χ2n) is 3.02. The van der Waals surface area contributed by atoms with E-state index >= 15 is 0 Å². The monoisotopic (exact) mass is 152 g/mol. The highest BCUT2D eigenvalue weighted by molar-refractivity contribution is 5.23. The molecule has 0 saturated heterocycles. The third-order valence-corrected chi connectivity index (χ3v) is 2.07. The van der Waals surface area contributed by atoms with Gasteiger partial charge in [0.05, 0.1) is 6.20 Å². The summed E-state index contributed by atoms with van der Waals surface area (Å²) in [6, 6.07) is 0. The molecule has 0 amide bonds. The molecular weight excluding hydrogens is 140 g/mol. The SMILES string of the molecule is NCCc1oncc1C1CC1. The van der Waals surface area contributed by atoms with E-state index in [1.54, 1.807) is 0 Å². The quantitative estimate of drug-likeness (QED) is 0.704. The Kier molecular flexibility index (Phi) is 1.66. The Morgan fingerprint density at radius 1 is 1.64 bits per heavy atom. The van der Waals surface area contributed by atoms with E-state index in [2.05, 4.69) is 5.16 Å². The molecule has 1 aliphatic rings. The highest BCUT2D eigenvalue weighted by Crippen LogP contribution is 2.41. The first kappa shape index (κ1) is 6.85. The summed E-state index contributed by atoms with van der Waals surface area (Å²) in [5, 5.41) is 3.77. The van der Waals surface area contributed by atoms with Crippen LogP contribution in [0.3, 0.4) is 0 Å². The van der Waals surface area contributed by atoms with Gasteiger partial charge in [-0.25, -0.2) is 0 Å². The van der Waals surface area contributed by atoms with Crippen LogP contribution in [0.25, 0.3) is 0 Å². The maximum atomic E-state index is 5.42. The minimum absolute atomic E-state index is 0.648. The van der Waals surface area contributed by atoms with Crippen LogP contribution in [0.15, 0.2) is 10.7 Å². The number of hydrogen-bond acceptors (Lipinski definition) is 3. The molecule has 1 aliphatic carbocycles. The maximum absolute atomic E-state index is 5.42. The number of nitrogens with two attached hydrogens (primary N) is 1. The Morgan fingerprint density at radius 2 is 2.45 bits per heavy atom. The van der Waals surface area contributed by atoms with E-state index < -0.39 is 0 Å². The Balaban J connectivity index is 2.16. The van der Waals surface area contributed by atoms with E-state index in [4.69, 9.17) is 10.3 Å². The summed E-state index contributed by atoms with van der Waals surface area (Å²) in [4.78, 5) is 0. The molecule has 3 heteroatoms. The fourth-order valence-corrected chi connectivity index (χ4v) is 1.32. The molecule has 0 bridgehead atoms. The van der Waals surface area contributed by atoms with Crippen molar-refractivity contribution < 1.29 is 4.52 Å². The number of hydrogen-bond donors (Lipinski definition) is 1. The lowest BCUT2D eigenvalue weighted by molar-refractivity contribution is 0.383. The van der Waals surface area contributed by atoms with E-state index in [1.807, 2.05) is 6.20 Å². The highest BCUT2D eigenvalue weighted by Gasteiger charge is 2.28. The van der Waals surface area contributed by atoms with Crippen molar-refractivity contribution >= 4 is 0 Å². The predicted molar refractivity (Wildman–Crippen MR) is 41.2 cm³/mol. The Morgan fingerprint density at radius 3 is 3.09 bits per heavy atom. The Bertz CT molecular complexity index is 240. The summed E-state index contributed by atoms with van der Waals surface area (Å²) in [5.41, 5.74) is 6.71. The molecule has 0 spiro atoms. The molecule has 2 rings (SSSR count). The van der Waals surface area contributed by atoms with Gasteiger partial charge < -0.3 is 10.3 Å². The minimum atomic E-state index is 0.648. The zero-order valence-corrected chi connectivity index (χ0v) is 6.42. The molecule has 1 saturated carbocycles. The third-order valence-electron chi connectivity index (χ3n) is 2.07. The van der Waals surface area contributed by atoms with E-state index in [-0.39, 0.29) is 0 Å². The summed E-state index contributed by atoms with van der Waals surface area (Å²) in [5.74, 6) is 1.72. The lowest BCUT2D eigenvalue weighted by Crippen LogP contribution is -2.03. The second kappa shape index (κ2) is 2.66. The van der Waals surface area contributed by atoms with E-state index in [0.717, 1.165) is 18.1 Å². The Hall–Kier alpha value is -0.830. The van der Waals surface area contributed by atoms with Gasteiger partial charge in [0.1, 0.15) is 5.76 Å². The maximum Gasteiger partial charge on any atom is 0.141 e. The average Bonchev–Trinajstić information content (AvgIpc) is 2.75. The van der Waals surface area contributed by atoms with Crippen molar-refractivity contribution in [1.29, 1.82) is 0 Å². The molecule has 60 valence electrons. The van der Waals surface area contributed by atoms with E-state index in [1.165, 1.54) is 18.4 Å². The zero-order chi connectivity index (χ0) is 7.68. The first-order chi connectivity index (χ1) is 5.42. The number of aromatic nitrogens is 1. The molecule has 1 fully saturated rings. The molecule has 0 aliphatic heterocycles. The molecule has 1 heterocycles. The topological polar surface area (TPSA) is 52.0 Å². The van der Waals surface area contributed by atoms with Crippen LogP contribution in [-0.4, -0.2) is 11.7 Å². The van der Waals surface area contributed by atoms with Gasteiger partial charge in [0.25, 0.3) is 0 Å². The van der Waals surface area contributed by atoms with Crippen molar-refractivity contribution in [3.05, 3.63) is 17.5 Å². The van der Waals surface area contributed by atoms with Crippen LogP contribution in [0.1, 0.15) is 30.1 Å². The van der Waals surface area contributed by atoms with Crippen molar-refractivity contribution in [2.45, 2.75) is 25.2 Å². The fraction of sp³-hybridized carbons (Fsp3) is 0.625. The summed E-state index contributed by atoms with van der Waals surface area (Å²) in [7, 11) is 0. The van der Waals surface area contributed by atoms with Gasteiger partial charge in [-0.05, 0) is 25.3 Å². The molecule has 0 radical (unpaired) electrons. The highest BCUT2D eigenvalue weighted by atomic mass is 16.5. The first-order valence-electron chi connectivity index (χ1n) is 4.05. The van der Waals surface area contributed by atoms with Gasteiger partial charge >= 0.3 is 0 Å². The molecular formula is C8H12N2O. The average molecular weight is 152 g/mol. The van der Waals surface area contributed by atoms with Gasteiger partial charge in [0.2, 0.25) is 0 Å². The second-order valence-corrected chi connectivity index (χ2v) is 3.02. The van der Waals surface area contributed by atoms with Crippen LogP contribution in [0.5, 0.6) is 0 Å². The molecule has 1 aromatic rings. The van der Waals surface area contributed by atoms with Crippen molar-refractivity contribution in [3.63, 3.8) is 0 Å². The zero-order valence-electron chi connectivity index (χ0n) is 6.42. The normalized spacial score (nSPS) is 17.2. The molecule has 0 unspecified atom stereocenters. The summed E-state index contributed by atoms with van der Waals surface area (Å²) in [6.07, 6.45) is 5.24. The molecule has 0 aromatic carbocycles. The predicted octanol–water partition coefficient (Wildman–Crippen LogP) is 1.05. The number of nitrogens with zero attached hydrogens (tertiary/aromatic N) is 1. The molecule has 1 aromatic heterocycles.